The second kappa shape index (κ2) is 6.90. The van der Waals surface area contributed by atoms with E-state index >= 15 is 0 Å². The molecule has 8 heteroatoms. The summed E-state index contributed by atoms with van der Waals surface area (Å²) in [7, 11) is 1.49. The maximum absolute atomic E-state index is 11.9. The van der Waals surface area contributed by atoms with Crippen LogP contribution in [0.1, 0.15) is 20.3 Å². The van der Waals surface area contributed by atoms with Crippen LogP contribution in [0.15, 0.2) is 9.59 Å². The molecule has 0 aliphatic rings. The number of carbonyl (C=O) groups is 1. The van der Waals surface area contributed by atoms with Crippen molar-refractivity contribution >= 4 is 17.4 Å². The SMILES string of the molecule is CCCn1c(N)c(N(CCOC)C(C)=O)c(=O)[nH]c1=O. The fraction of sp³-hybridized carbons (Fsp3) is 0.583. The summed E-state index contributed by atoms with van der Waals surface area (Å²) in [5.41, 5.74) is 4.63. The number of nitrogens with zero attached hydrogens (tertiary/aromatic N) is 2. The molecule has 0 atom stereocenters. The molecule has 20 heavy (non-hydrogen) atoms. The number of H-pyrrole nitrogens is 1. The summed E-state index contributed by atoms with van der Waals surface area (Å²) in [6.07, 6.45) is 0.674. The summed E-state index contributed by atoms with van der Waals surface area (Å²) in [6, 6.07) is 0. The number of aromatic nitrogens is 2. The molecule has 112 valence electrons. The van der Waals surface area contributed by atoms with Gasteiger partial charge in [0.05, 0.1) is 6.61 Å². The van der Waals surface area contributed by atoms with Gasteiger partial charge < -0.3 is 15.4 Å². The van der Waals surface area contributed by atoms with Crippen LogP contribution >= 0.6 is 0 Å². The van der Waals surface area contributed by atoms with E-state index in [0.717, 1.165) is 0 Å². The van der Waals surface area contributed by atoms with Crippen LogP contribution in [-0.4, -0.2) is 35.7 Å². The Morgan fingerprint density at radius 2 is 2.10 bits per heavy atom. The number of ether oxygens (including phenoxy) is 1. The highest BCUT2D eigenvalue weighted by Gasteiger charge is 2.21. The van der Waals surface area contributed by atoms with E-state index in [1.807, 2.05) is 6.92 Å². The molecule has 0 radical (unpaired) electrons. The van der Waals surface area contributed by atoms with E-state index in [9.17, 15) is 14.4 Å². The largest absolute Gasteiger partial charge is 0.383 e. The first kappa shape index (κ1) is 16.0. The smallest absolute Gasteiger partial charge is 0.330 e. The second-order valence-corrected chi connectivity index (χ2v) is 4.31. The van der Waals surface area contributed by atoms with Gasteiger partial charge in [-0.05, 0) is 6.42 Å². The quantitative estimate of drug-likeness (QED) is 0.733. The Kier molecular flexibility index (Phi) is 5.51. The monoisotopic (exact) mass is 284 g/mol. The van der Waals surface area contributed by atoms with Gasteiger partial charge in [-0.25, -0.2) is 4.79 Å². The Morgan fingerprint density at radius 1 is 1.45 bits per heavy atom. The van der Waals surface area contributed by atoms with Crippen LogP contribution in [0.2, 0.25) is 0 Å². The van der Waals surface area contributed by atoms with E-state index < -0.39 is 11.2 Å². The molecule has 1 aromatic heterocycles. The zero-order chi connectivity index (χ0) is 15.3. The molecule has 0 spiro atoms. The van der Waals surface area contributed by atoms with Crippen molar-refractivity contribution in [2.45, 2.75) is 26.8 Å². The molecule has 0 saturated carbocycles. The van der Waals surface area contributed by atoms with Gasteiger partial charge in [-0.2, -0.15) is 0 Å². The van der Waals surface area contributed by atoms with Crippen molar-refractivity contribution in [3.63, 3.8) is 0 Å². The Bertz CT molecular complexity index is 590. The number of methoxy groups -OCH3 is 1. The van der Waals surface area contributed by atoms with Crippen LogP contribution in [-0.2, 0) is 16.1 Å². The average molecular weight is 284 g/mol. The van der Waals surface area contributed by atoms with E-state index in [0.29, 0.717) is 13.0 Å². The van der Waals surface area contributed by atoms with Crippen molar-refractivity contribution < 1.29 is 9.53 Å². The number of hydrogen-bond acceptors (Lipinski definition) is 5. The number of anilines is 2. The molecule has 0 bridgehead atoms. The lowest BCUT2D eigenvalue weighted by molar-refractivity contribution is -0.116. The van der Waals surface area contributed by atoms with Gasteiger partial charge in [-0.15, -0.1) is 0 Å². The Morgan fingerprint density at radius 3 is 2.60 bits per heavy atom. The summed E-state index contributed by atoms with van der Waals surface area (Å²) in [4.78, 5) is 38.7. The van der Waals surface area contributed by atoms with Crippen molar-refractivity contribution in [2.75, 3.05) is 30.9 Å². The highest BCUT2D eigenvalue weighted by molar-refractivity contribution is 5.93. The Hall–Kier alpha value is -2.09. The number of aromatic amines is 1. The van der Waals surface area contributed by atoms with Crippen LogP contribution in [0.5, 0.6) is 0 Å². The molecule has 1 amide bonds. The van der Waals surface area contributed by atoms with Crippen LogP contribution in [0.25, 0.3) is 0 Å². The molecule has 0 saturated heterocycles. The van der Waals surface area contributed by atoms with Crippen LogP contribution in [0, 0.1) is 0 Å². The first-order chi connectivity index (χ1) is 9.43. The predicted molar refractivity (Wildman–Crippen MR) is 75.9 cm³/mol. The summed E-state index contributed by atoms with van der Waals surface area (Å²) >= 11 is 0. The number of nitrogens with one attached hydrogen (secondary N) is 1. The van der Waals surface area contributed by atoms with Crippen molar-refractivity contribution in [2.24, 2.45) is 0 Å². The van der Waals surface area contributed by atoms with E-state index in [2.05, 4.69) is 4.98 Å². The number of hydrogen-bond donors (Lipinski definition) is 2. The van der Waals surface area contributed by atoms with Crippen LogP contribution in [0.4, 0.5) is 11.5 Å². The fourth-order valence-corrected chi connectivity index (χ4v) is 1.89. The number of amides is 1. The topological polar surface area (TPSA) is 110 Å². The third-order valence-electron chi connectivity index (χ3n) is 2.83. The zero-order valence-corrected chi connectivity index (χ0v) is 11.9. The maximum atomic E-state index is 11.9. The second-order valence-electron chi connectivity index (χ2n) is 4.31. The first-order valence-corrected chi connectivity index (χ1v) is 6.33. The minimum Gasteiger partial charge on any atom is -0.383 e. The van der Waals surface area contributed by atoms with E-state index in [1.165, 1.54) is 23.5 Å². The third-order valence-corrected chi connectivity index (χ3v) is 2.83. The normalized spacial score (nSPS) is 10.6. The minimum atomic E-state index is -0.675. The van der Waals surface area contributed by atoms with Crippen LogP contribution < -0.4 is 21.9 Å². The Labute approximate surface area is 116 Å². The van der Waals surface area contributed by atoms with Gasteiger partial charge in [-0.1, -0.05) is 6.92 Å². The molecule has 1 aromatic rings. The lowest BCUT2D eigenvalue weighted by Gasteiger charge is -2.22. The lowest BCUT2D eigenvalue weighted by Crippen LogP contribution is -2.41. The minimum absolute atomic E-state index is 0.00750. The maximum Gasteiger partial charge on any atom is 0.330 e. The van der Waals surface area contributed by atoms with E-state index in [4.69, 9.17) is 10.5 Å². The molecule has 0 unspecified atom stereocenters. The average Bonchev–Trinajstić information content (AvgIpc) is 2.37. The summed E-state index contributed by atoms with van der Waals surface area (Å²) in [5, 5.41) is 0. The van der Waals surface area contributed by atoms with Gasteiger partial charge in [-0.3, -0.25) is 19.1 Å². The van der Waals surface area contributed by atoms with Crippen molar-refractivity contribution in [3.05, 3.63) is 20.8 Å². The molecular weight excluding hydrogens is 264 g/mol. The Balaban J connectivity index is 3.41. The summed E-state index contributed by atoms with van der Waals surface area (Å²) in [5.74, 6) is -0.354. The van der Waals surface area contributed by atoms with Gasteiger partial charge in [0.1, 0.15) is 5.82 Å². The van der Waals surface area contributed by atoms with Gasteiger partial charge in [0.2, 0.25) is 5.91 Å². The standard InChI is InChI=1S/C12H20N4O4/c1-4-5-16-10(13)9(11(18)14-12(16)19)15(8(2)17)6-7-20-3/h4-7,13H2,1-3H3,(H,14,18,19). The molecule has 1 rings (SSSR count). The van der Waals surface area contributed by atoms with Crippen LogP contribution in [0.3, 0.4) is 0 Å². The molecule has 0 aromatic carbocycles. The molecule has 1 heterocycles. The number of nitrogens with two attached hydrogens (primary N) is 1. The molecule has 0 aliphatic heterocycles. The van der Waals surface area contributed by atoms with E-state index in [1.54, 1.807) is 0 Å². The van der Waals surface area contributed by atoms with Gasteiger partial charge >= 0.3 is 5.69 Å². The third kappa shape index (κ3) is 3.27. The lowest BCUT2D eigenvalue weighted by atomic mass is 10.3. The zero-order valence-electron chi connectivity index (χ0n) is 11.9. The van der Waals surface area contributed by atoms with Crippen molar-refractivity contribution in [1.29, 1.82) is 0 Å². The highest BCUT2D eigenvalue weighted by atomic mass is 16.5. The fourth-order valence-electron chi connectivity index (χ4n) is 1.89. The summed E-state index contributed by atoms with van der Waals surface area (Å²) in [6.45, 7) is 4.01. The van der Waals surface area contributed by atoms with E-state index in [-0.39, 0.29) is 30.6 Å². The number of rotatable bonds is 6. The molecule has 0 fully saturated rings. The van der Waals surface area contributed by atoms with Gasteiger partial charge in [0.25, 0.3) is 5.56 Å². The number of carbonyl (C=O) groups excluding carboxylic acids is 1. The summed E-state index contributed by atoms with van der Waals surface area (Å²) < 4.78 is 6.16. The molecular formula is C12H20N4O4. The first-order valence-electron chi connectivity index (χ1n) is 6.33. The van der Waals surface area contributed by atoms with Gasteiger partial charge in [0, 0.05) is 27.1 Å². The van der Waals surface area contributed by atoms with Crippen molar-refractivity contribution in [3.8, 4) is 0 Å². The van der Waals surface area contributed by atoms with Crippen molar-refractivity contribution in [1.82, 2.24) is 9.55 Å². The molecule has 0 aliphatic carbocycles. The molecule has 3 N–H and O–H groups in total. The number of nitrogen functional groups attached to an aromatic ring is 1. The predicted octanol–water partition coefficient (Wildman–Crippen LogP) is -0.472. The van der Waals surface area contributed by atoms with Gasteiger partial charge in [0.15, 0.2) is 5.69 Å². The highest BCUT2D eigenvalue weighted by Crippen LogP contribution is 2.16. The molecule has 8 nitrogen and oxygen atoms in total.